The van der Waals surface area contributed by atoms with Crippen molar-refractivity contribution in [3.05, 3.63) is 0 Å². The molecule has 0 unspecified atom stereocenters. The summed E-state index contributed by atoms with van der Waals surface area (Å²) in [6.07, 6.45) is 0.875. The topological polar surface area (TPSA) is 38.8 Å². The number of rotatable bonds is 5. The van der Waals surface area contributed by atoms with Crippen molar-refractivity contribution >= 4 is 5.97 Å². The van der Waals surface area contributed by atoms with Gasteiger partial charge in [-0.2, -0.15) is 0 Å². The number of esters is 1. The van der Waals surface area contributed by atoms with Gasteiger partial charge >= 0.3 is 5.97 Å². The van der Waals surface area contributed by atoms with Crippen LogP contribution in [0.15, 0.2) is 0 Å². The van der Waals surface area contributed by atoms with Crippen LogP contribution in [0.1, 0.15) is 41.0 Å². The molecule has 4 atom stereocenters. The molecule has 4 nitrogen and oxygen atoms in total. The van der Waals surface area contributed by atoms with Crippen LogP contribution in [0.25, 0.3) is 0 Å². The summed E-state index contributed by atoms with van der Waals surface area (Å²) < 4.78 is 11.8. The second-order valence-corrected chi connectivity index (χ2v) is 6.54. The van der Waals surface area contributed by atoms with Gasteiger partial charge in [-0.15, -0.1) is 0 Å². The number of hydrogen-bond donors (Lipinski definition) is 0. The quantitative estimate of drug-likeness (QED) is 0.719. The molecule has 1 saturated heterocycles. The summed E-state index contributed by atoms with van der Waals surface area (Å²) in [5.41, 5.74) is 0. The second kappa shape index (κ2) is 6.71. The summed E-state index contributed by atoms with van der Waals surface area (Å²) in [5, 5.41) is 0. The molecule has 1 aliphatic rings. The lowest BCUT2D eigenvalue weighted by Crippen LogP contribution is -2.47. The molecule has 0 saturated carbocycles. The number of carbonyl (C=O) groups is 1. The zero-order valence-corrected chi connectivity index (χ0v) is 13.3. The van der Waals surface area contributed by atoms with Crippen LogP contribution in [-0.4, -0.2) is 49.3 Å². The Bertz CT molecular complexity index is 302. The van der Waals surface area contributed by atoms with Crippen molar-refractivity contribution in [1.29, 1.82) is 0 Å². The van der Waals surface area contributed by atoms with Gasteiger partial charge in [0.05, 0.1) is 18.2 Å². The molecule has 1 heterocycles. The number of ether oxygens (including phenoxy) is 2. The van der Waals surface area contributed by atoms with Crippen LogP contribution in [0.3, 0.4) is 0 Å². The minimum absolute atomic E-state index is 0.00343. The van der Waals surface area contributed by atoms with Gasteiger partial charge in [0.1, 0.15) is 6.10 Å². The zero-order chi connectivity index (χ0) is 14.7. The standard InChI is InChI=1S/C15H29NO3/c1-9(2)8-12-15(18-11(5)17)13(16(6)7)14(19-12)10(3)4/h9-10,12-15H,8H2,1-7H3/t12-,13+,14+,15-/m1/s1. The van der Waals surface area contributed by atoms with E-state index < -0.39 is 0 Å². The highest BCUT2D eigenvalue weighted by Crippen LogP contribution is 2.34. The highest BCUT2D eigenvalue weighted by Gasteiger charge is 2.48. The van der Waals surface area contributed by atoms with Crippen LogP contribution < -0.4 is 0 Å². The molecule has 0 bridgehead atoms. The first-order chi connectivity index (χ1) is 8.73. The lowest BCUT2D eigenvalue weighted by Gasteiger charge is -2.31. The van der Waals surface area contributed by atoms with Gasteiger partial charge in [-0.1, -0.05) is 27.7 Å². The number of carbonyl (C=O) groups excluding carboxylic acids is 1. The van der Waals surface area contributed by atoms with E-state index in [9.17, 15) is 4.79 Å². The minimum Gasteiger partial charge on any atom is -0.458 e. The molecule has 1 aliphatic heterocycles. The van der Waals surface area contributed by atoms with Crippen LogP contribution in [0.4, 0.5) is 0 Å². The molecule has 0 spiro atoms. The number of hydrogen-bond acceptors (Lipinski definition) is 4. The summed E-state index contributed by atoms with van der Waals surface area (Å²) in [7, 11) is 4.05. The van der Waals surface area contributed by atoms with E-state index in [1.807, 2.05) is 14.1 Å². The van der Waals surface area contributed by atoms with Gasteiger partial charge in [-0.3, -0.25) is 4.79 Å². The Morgan fingerprint density at radius 3 is 2.21 bits per heavy atom. The third kappa shape index (κ3) is 4.18. The van der Waals surface area contributed by atoms with E-state index in [2.05, 4.69) is 32.6 Å². The van der Waals surface area contributed by atoms with Gasteiger partial charge < -0.3 is 14.4 Å². The van der Waals surface area contributed by atoms with E-state index in [1.54, 1.807) is 0 Å². The van der Waals surface area contributed by atoms with Crippen molar-refractivity contribution in [2.45, 2.75) is 65.4 Å². The zero-order valence-electron chi connectivity index (χ0n) is 13.3. The smallest absolute Gasteiger partial charge is 0.303 e. The predicted molar refractivity (Wildman–Crippen MR) is 76.0 cm³/mol. The molecular formula is C15H29NO3. The highest BCUT2D eigenvalue weighted by atomic mass is 16.6. The average molecular weight is 271 g/mol. The van der Waals surface area contributed by atoms with E-state index in [1.165, 1.54) is 6.92 Å². The maximum Gasteiger partial charge on any atom is 0.303 e. The first kappa shape index (κ1) is 16.4. The molecule has 4 heteroatoms. The monoisotopic (exact) mass is 271 g/mol. The van der Waals surface area contributed by atoms with E-state index in [0.29, 0.717) is 11.8 Å². The molecule has 19 heavy (non-hydrogen) atoms. The third-order valence-corrected chi connectivity index (χ3v) is 3.63. The Balaban J connectivity index is 2.94. The number of nitrogens with zero attached hydrogens (tertiary/aromatic N) is 1. The first-order valence-corrected chi connectivity index (χ1v) is 7.23. The van der Waals surface area contributed by atoms with Crippen LogP contribution in [-0.2, 0) is 14.3 Å². The molecule has 112 valence electrons. The summed E-state index contributed by atoms with van der Waals surface area (Å²) in [6, 6.07) is 0.132. The predicted octanol–water partition coefficient (Wildman–Crippen LogP) is 2.32. The molecule has 0 aromatic carbocycles. The minimum atomic E-state index is -0.224. The van der Waals surface area contributed by atoms with Gasteiger partial charge in [0.15, 0.2) is 0 Å². The molecule has 0 radical (unpaired) electrons. The fourth-order valence-corrected chi connectivity index (χ4v) is 2.90. The van der Waals surface area contributed by atoms with Crippen molar-refractivity contribution in [1.82, 2.24) is 4.90 Å². The molecule has 1 rings (SSSR count). The van der Waals surface area contributed by atoms with E-state index in [-0.39, 0.29) is 30.3 Å². The second-order valence-electron chi connectivity index (χ2n) is 6.54. The van der Waals surface area contributed by atoms with Crippen LogP contribution >= 0.6 is 0 Å². The van der Waals surface area contributed by atoms with Crippen molar-refractivity contribution in [3.63, 3.8) is 0 Å². The van der Waals surface area contributed by atoms with E-state index in [4.69, 9.17) is 9.47 Å². The van der Waals surface area contributed by atoms with Gasteiger partial charge in [0, 0.05) is 6.92 Å². The van der Waals surface area contributed by atoms with Crippen LogP contribution in [0.5, 0.6) is 0 Å². The Morgan fingerprint density at radius 1 is 1.26 bits per heavy atom. The van der Waals surface area contributed by atoms with Gasteiger partial charge in [-0.05, 0) is 32.4 Å². The Labute approximate surface area is 117 Å². The molecule has 0 aromatic rings. The lowest BCUT2D eigenvalue weighted by molar-refractivity contribution is -0.151. The third-order valence-electron chi connectivity index (χ3n) is 3.63. The maximum atomic E-state index is 11.4. The molecule has 0 amide bonds. The van der Waals surface area contributed by atoms with Gasteiger partial charge in [0.25, 0.3) is 0 Å². The molecule has 1 fully saturated rings. The van der Waals surface area contributed by atoms with E-state index in [0.717, 1.165) is 6.42 Å². The fraction of sp³-hybridized carbons (Fsp3) is 0.933. The molecule has 0 aliphatic carbocycles. The summed E-state index contributed by atoms with van der Waals surface area (Å²) in [6.45, 7) is 10.1. The van der Waals surface area contributed by atoms with Crippen molar-refractivity contribution < 1.29 is 14.3 Å². The normalized spacial score (nSPS) is 31.5. The fourth-order valence-electron chi connectivity index (χ4n) is 2.90. The molecule has 0 aromatic heterocycles. The van der Waals surface area contributed by atoms with Crippen molar-refractivity contribution in [2.24, 2.45) is 11.8 Å². The van der Waals surface area contributed by atoms with Gasteiger partial charge in [-0.25, -0.2) is 0 Å². The highest BCUT2D eigenvalue weighted by molar-refractivity contribution is 5.66. The maximum absolute atomic E-state index is 11.4. The average Bonchev–Trinajstić information content (AvgIpc) is 2.55. The largest absolute Gasteiger partial charge is 0.458 e. The summed E-state index contributed by atoms with van der Waals surface area (Å²) >= 11 is 0. The molecular weight excluding hydrogens is 242 g/mol. The SMILES string of the molecule is CC(=O)O[C@H]1[C@@H](N(C)C)[C@H](C(C)C)O[C@@H]1CC(C)C. The van der Waals surface area contributed by atoms with Crippen molar-refractivity contribution in [2.75, 3.05) is 14.1 Å². The Morgan fingerprint density at radius 2 is 1.84 bits per heavy atom. The number of likely N-dealkylation sites (N-methyl/N-ethyl adjacent to an activating group) is 1. The van der Waals surface area contributed by atoms with Crippen LogP contribution in [0.2, 0.25) is 0 Å². The lowest BCUT2D eigenvalue weighted by atomic mass is 9.93. The molecule has 0 N–H and O–H groups in total. The van der Waals surface area contributed by atoms with E-state index >= 15 is 0 Å². The van der Waals surface area contributed by atoms with Crippen LogP contribution in [0, 0.1) is 11.8 Å². The first-order valence-electron chi connectivity index (χ1n) is 7.23. The summed E-state index contributed by atoms with van der Waals surface area (Å²) in [4.78, 5) is 13.5. The van der Waals surface area contributed by atoms with Crippen molar-refractivity contribution in [3.8, 4) is 0 Å². The Kier molecular flexibility index (Phi) is 5.81. The van der Waals surface area contributed by atoms with Gasteiger partial charge in [0.2, 0.25) is 0 Å². The Hall–Kier alpha value is -0.610. The summed E-state index contributed by atoms with van der Waals surface area (Å²) in [5.74, 6) is 0.706.